The normalized spacial score (nSPS) is 14.3. The molecular formula is C7H11F3O2. The average molecular weight is 184 g/mol. The Kier molecular flexibility index (Phi) is 4.89. The van der Waals surface area contributed by atoms with Crippen LogP contribution in [-0.4, -0.2) is 23.7 Å². The minimum atomic E-state index is -4.53. The molecule has 0 aromatic rings. The molecule has 0 aromatic heterocycles. The van der Waals surface area contributed by atoms with E-state index in [0.717, 1.165) is 0 Å². The number of carbonyl (C=O) groups excluding carboxylic acids is 1. The van der Waals surface area contributed by atoms with Crippen molar-refractivity contribution in [3.8, 4) is 0 Å². The Labute approximate surface area is 68.4 Å². The van der Waals surface area contributed by atoms with Crippen LogP contribution in [0.5, 0.6) is 0 Å². The summed E-state index contributed by atoms with van der Waals surface area (Å²) in [4.78, 5) is 9.76. The van der Waals surface area contributed by atoms with E-state index < -0.39 is 12.3 Å². The van der Waals surface area contributed by atoms with Gasteiger partial charge in [0, 0.05) is 6.42 Å². The second-order valence-electron chi connectivity index (χ2n) is 2.51. The summed E-state index contributed by atoms with van der Waals surface area (Å²) in [5.41, 5.74) is 0. The molecule has 0 heterocycles. The molecule has 2 nitrogen and oxygen atoms in total. The van der Waals surface area contributed by atoms with Crippen LogP contribution in [0, 0.1) is 0 Å². The van der Waals surface area contributed by atoms with Crippen LogP contribution < -0.4 is 0 Å². The number of aliphatic hydroxyl groups excluding tert-OH is 1. The molecule has 0 rings (SSSR count). The SMILES string of the molecule is O=CCCCCC(O)C(F)(F)F. The van der Waals surface area contributed by atoms with Crippen molar-refractivity contribution in [2.45, 2.75) is 38.0 Å². The van der Waals surface area contributed by atoms with E-state index in [4.69, 9.17) is 5.11 Å². The van der Waals surface area contributed by atoms with Gasteiger partial charge in [-0.1, -0.05) is 6.42 Å². The van der Waals surface area contributed by atoms with E-state index in [1.165, 1.54) is 0 Å². The number of aldehydes is 1. The molecule has 0 aromatic carbocycles. The molecule has 0 radical (unpaired) electrons. The third-order valence-electron chi connectivity index (χ3n) is 1.43. The molecule has 0 saturated carbocycles. The first-order chi connectivity index (χ1) is 5.48. The van der Waals surface area contributed by atoms with Crippen molar-refractivity contribution in [3.05, 3.63) is 0 Å². The van der Waals surface area contributed by atoms with Gasteiger partial charge in [0.2, 0.25) is 0 Å². The predicted molar refractivity (Wildman–Crippen MR) is 36.6 cm³/mol. The Morgan fingerprint density at radius 3 is 2.33 bits per heavy atom. The highest BCUT2D eigenvalue weighted by Crippen LogP contribution is 2.23. The fourth-order valence-corrected chi connectivity index (χ4v) is 0.729. The number of rotatable bonds is 5. The van der Waals surface area contributed by atoms with Gasteiger partial charge in [-0.05, 0) is 12.8 Å². The zero-order chi connectivity index (χ0) is 9.61. The molecule has 72 valence electrons. The van der Waals surface area contributed by atoms with Crippen LogP contribution in [0.25, 0.3) is 0 Å². The first-order valence-electron chi connectivity index (χ1n) is 3.67. The average Bonchev–Trinajstić information content (AvgIpc) is 1.96. The Balaban J connectivity index is 3.44. The number of aliphatic hydroxyl groups is 1. The molecule has 0 aliphatic carbocycles. The molecule has 1 N–H and O–H groups in total. The number of hydrogen-bond donors (Lipinski definition) is 1. The van der Waals surface area contributed by atoms with E-state index in [9.17, 15) is 18.0 Å². The molecule has 1 unspecified atom stereocenters. The maximum absolute atomic E-state index is 11.6. The van der Waals surface area contributed by atoms with Crippen molar-refractivity contribution in [3.63, 3.8) is 0 Å². The summed E-state index contributed by atoms with van der Waals surface area (Å²) in [6.07, 6.45) is -5.57. The van der Waals surface area contributed by atoms with E-state index >= 15 is 0 Å². The van der Waals surface area contributed by atoms with E-state index in [1.807, 2.05) is 0 Å². The molecule has 0 fully saturated rings. The molecule has 12 heavy (non-hydrogen) atoms. The van der Waals surface area contributed by atoms with E-state index in [2.05, 4.69) is 0 Å². The van der Waals surface area contributed by atoms with Crippen molar-refractivity contribution in [1.82, 2.24) is 0 Å². The number of carbonyl (C=O) groups is 1. The summed E-state index contributed by atoms with van der Waals surface area (Å²) in [5, 5.41) is 8.47. The monoisotopic (exact) mass is 184 g/mol. The van der Waals surface area contributed by atoms with Crippen LogP contribution in [0.15, 0.2) is 0 Å². The quantitative estimate of drug-likeness (QED) is 0.521. The van der Waals surface area contributed by atoms with Gasteiger partial charge >= 0.3 is 6.18 Å². The van der Waals surface area contributed by atoms with Crippen molar-refractivity contribution >= 4 is 6.29 Å². The summed E-state index contributed by atoms with van der Waals surface area (Å²) >= 11 is 0. The number of hydrogen-bond acceptors (Lipinski definition) is 2. The summed E-state index contributed by atoms with van der Waals surface area (Å²) in [5.74, 6) is 0. The third kappa shape index (κ3) is 5.12. The lowest BCUT2D eigenvalue weighted by atomic mass is 10.1. The Bertz CT molecular complexity index is 133. The maximum atomic E-state index is 11.6. The molecule has 0 aliphatic rings. The van der Waals surface area contributed by atoms with Crippen molar-refractivity contribution in [2.24, 2.45) is 0 Å². The van der Waals surface area contributed by atoms with Crippen LogP contribution >= 0.6 is 0 Å². The van der Waals surface area contributed by atoms with Gasteiger partial charge in [0.25, 0.3) is 0 Å². The summed E-state index contributed by atoms with van der Waals surface area (Å²) in [6, 6.07) is 0. The van der Waals surface area contributed by atoms with Crippen LogP contribution in [-0.2, 0) is 4.79 Å². The van der Waals surface area contributed by atoms with Gasteiger partial charge in [-0.25, -0.2) is 0 Å². The first kappa shape index (κ1) is 11.4. The number of alkyl halides is 3. The minimum absolute atomic E-state index is 0.222. The zero-order valence-electron chi connectivity index (χ0n) is 6.47. The molecule has 1 atom stereocenters. The smallest absolute Gasteiger partial charge is 0.384 e. The molecular weight excluding hydrogens is 173 g/mol. The van der Waals surface area contributed by atoms with Gasteiger partial charge in [0.05, 0.1) is 0 Å². The molecule has 0 bridgehead atoms. The molecule has 0 aliphatic heterocycles. The largest absolute Gasteiger partial charge is 0.414 e. The van der Waals surface area contributed by atoms with Gasteiger partial charge in [-0.15, -0.1) is 0 Å². The lowest BCUT2D eigenvalue weighted by Gasteiger charge is -2.13. The predicted octanol–water partition coefficient (Wildman–Crippen LogP) is 1.67. The van der Waals surface area contributed by atoms with Crippen molar-refractivity contribution < 1.29 is 23.1 Å². The van der Waals surface area contributed by atoms with E-state index in [1.54, 1.807) is 0 Å². The number of halogens is 3. The summed E-state index contributed by atoms with van der Waals surface area (Å²) in [7, 11) is 0. The van der Waals surface area contributed by atoms with Gasteiger partial charge in [-0.3, -0.25) is 0 Å². The molecule has 0 spiro atoms. The second-order valence-corrected chi connectivity index (χ2v) is 2.51. The fraction of sp³-hybridized carbons (Fsp3) is 0.857. The summed E-state index contributed by atoms with van der Waals surface area (Å²) < 4.78 is 34.9. The molecule has 5 heteroatoms. The van der Waals surface area contributed by atoms with Crippen LogP contribution in [0.3, 0.4) is 0 Å². The van der Waals surface area contributed by atoms with Crippen LogP contribution in [0.2, 0.25) is 0 Å². The van der Waals surface area contributed by atoms with Crippen LogP contribution in [0.1, 0.15) is 25.7 Å². The Hall–Kier alpha value is -0.580. The van der Waals surface area contributed by atoms with Gasteiger partial charge < -0.3 is 9.90 Å². The molecule has 0 amide bonds. The minimum Gasteiger partial charge on any atom is -0.384 e. The zero-order valence-corrected chi connectivity index (χ0v) is 6.47. The Morgan fingerprint density at radius 2 is 1.92 bits per heavy atom. The van der Waals surface area contributed by atoms with Crippen LogP contribution in [0.4, 0.5) is 13.2 Å². The van der Waals surface area contributed by atoms with Crippen molar-refractivity contribution in [2.75, 3.05) is 0 Å². The van der Waals surface area contributed by atoms with Gasteiger partial charge in [0.15, 0.2) is 0 Å². The fourth-order valence-electron chi connectivity index (χ4n) is 0.729. The van der Waals surface area contributed by atoms with E-state index in [0.29, 0.717) is 12.7 Å². The molecule has 0 saturated heterocycles. The van der Waals surface area contributed by atoms with Crippen molar-refractivity contribution in [1.29, 1.82) is 0 Å². The standard InChI is InChI=1S/C7H11F3O2/c8-7(9,10)6(12)4-2-1-3-5-11/h5-6,12H,1-4H2. The lowest BCUT2D eigenvalue weighted by molar-refractivity contribution is -0.205. The van der Waals surface area contributed by atoms with Gasteiger partial charge in [0.1, 0.15) is 12.4 Å². The van der Waals surface area contributed by atoms with Gasteiger partial charge in [-0.2, -0.15) is 13.2 Å². The second kappa shape index (κ2) is 5.13. The number of unbranched alkanes of at least 4 members (excludes halogenated alkanes) is 2. The third-order valence-corrected chi connectivity index (χ3v) is 1.43. The highest BCUT2D eigenvalue weighted by molar-refractivity contribution is 5.48. The highest BCUT2D eigenvalue weighted by Gasteiger charge is 2.37. The topological polar surface area (TPSA) is 37.3 Å². The Morgan fingerprint density at radius 1 is 1.33 bits per heavy atom. The lowest BCUT2D eigenvalue weighted by Crippen LogP contribution is -2.28. The highest BCUT2D eigenvalue weighted by atomic mass is 19.4. The maximum Gasteiger partial charge on any atom is 0.414 e. The first-order valence-corrected chi connectivity index (χ1v) is 3.67. The van der Waals surface area contributed by atoms with E-state index in [-0.39, 0.29) is 19.3 Å². The summed E-state index contributed by atoms with van der Waals surface area (Å²) in [6.45, 7) is 0.